The van der Waals surface area contributed by atoms with Gasteiger partial charge in [-0.3, -0.25) is 28.0 Å². The van der Waals surface area contributed by atoms with Gasteiger partial charge in [0.2, 0.25) is 0 Å². The number of esters is 3. The molecule has 1 saturated carbocycles. The first-order valence-electron chi connectivity index (χ1n) is 13.7. The molecule has 1 fully saturated rings. The molecule has 0 saturated heterocycles. The van der Waals surface area contributed by atoms with E-state index in [-0.39, 0.29) is 19.8 Å². The van der Waals surface area contributed by atoms with Crippen LogP contribution < -0.4 is 0 Å². The van der Waals surface area contributed by atoms with Crippen LogP contribution >= 0.6 is 23.5 Å². The van der Waals surface area contributed by atoms with Gasteiger partial charge in [0.05, 0.1) is 78.7 Å². The first kappa shape index (κ1) is 44.5. The zero-order valence-electron chi connectivity index (χ0n) is 24.9. The van der Waals surface area contributed by atoms with E-state index in [9.17, 15) is 57.4 Å². The lowest BCUT2D eigenvalue weighted by molar-refractivity contribution is -0.241. The summed E-state index contributed by atoms with van der Waals surface area (Å²) in [7, 11) is -17.5. The number of rotatable bonds is 24. The zero-order valence-corrected chi connectivity index (χ0v) is 27.6. The average molecular weight is 768 g/mol. The number of carbonyl (C=O) groups excluding carboxylic acids is 3. The number of carbonyl (C=O) groups is 3. The van der Waals surface area contributed by atoms with Crippen molar-refractivity contribution in [2.24, 2.45) is 0 Å². The van der Waals surface area contributed by atoms with E-state index in [4.69, 9.17) is 43.7 Å². The molecule has 0 aromatic carbocycles. The van der Waals surface area contributed by atoms with E-state index >= 15 is 0 Å². The Morgan fingerprint density at radius 2 is 0.646 bits per heavy atom. The van der Waals surface area contributed by atoms with Crippen molar-refractivity contribution in [2.75, 3.05) is 59.5 Å². The number of hydrogen-bond acceptors (Lipinski definition) is 18. The van der Waals surface area contributed by atoms with Gasteiger partial charge in [-0.05, 0) is 0 Å². The maximum atomic E-state index is 12.8. The van der Waals surface area contributed by atoms with Crippen LogP contribution in [0.1, 0.15) is 19.3 Å². The Labute approximate surface area is 271 Å². The van der Waals surface area contributed by atoms with Crippen LogP contribution in [-0.2, 0) is 70.1 Å². The molecule has 0 heterocycles. The van der Waals surface area contributed by atoms with Gasteiger partial charge in [-0.2, -0.15) is 0 Å². The second-order valence-electron chi connectivity index (χ2n) is 9.30. The topological polar surface area (TPSA) is 368 Å². The number of phosphoric ester groups is 3. The molecule has 24 nitrogen and oxygen atoms in total. The normalized spacial score (nSPS) is 23.4. The molecule has 1 aliphatic carbocycles. The van der Waals surface area contributed by atoms with Crippen molar-refractivity contribution in [3.05, 3.63) is 0 Å². The molecule has 282 valence electrons. The van der Waals surface area contributed by atoms with Crippen molar-refractivity contribution >= 4 is 41.4 Å². The second-order valence-corrected chi connectivity index (χ2v) is 12.9. The van der Waals surface area contributed by atoms with Gasteiger partial charge in [-0.15, -0.1) is 0 Å². The second kappa shape index (κ2) is 21.7. The average Bonchev–Trinajstić information content (AvgIpc) is 2.95. The van der Waals surface area contributed by atoms with Gasteiger partial charge < -0.3 is 73.1 Å². The number of ether oxygens (including phenoxy) is 6. The van der Waals surface area contributed by atoms with E-state index in [0.29, 0.717) is 0 Å². The maximum absolute atomic E-state index is 12.8. The molecule has 0 bridgehead atoms. The van der Waals surface area contributed by atoms with E-state index in [2.05, 4.69) is 13.6 Å². The molecule has 2 unspecified atom stereocenters. The van der Waals surface area contributed by atoms with Crippen molar-refractivity contribution < 1.29 is 115 Å². The van der Waals surface area contributed by atoms with Crippen LogP contribution in [0.3, 0.4) is 0 Å². The minimum atomic E-state index is -5.86. The summed E-state index contributed by atoms with van der Waals surface area (Å²) in [6.45, 7) is -3.32. The van der Waals surface area contributed by atoms with Crippen LogP contribution in [0.4, 0.5) is 0 Å². The van der Waals surface area contributed by atoms with Gasteiger partial charge in [0.1, 0.15) is 18.3 Å². The van der Waals surface area contributed by atoms with Crippen molar-refractivity contribution in [3.63, 3.8) is 0 Å². The minimum Gasteiger partial charge on any atom is -0.455 e. The molecule has 0 amide bonds. The summed E-state index contributed by atoms with van der Waals surface area (Å²) >= 11 is 0. The first-order chi connectivity index (χ1) is 22.3. The highest BCUT2D eigenvalue weighted by atomic mass is 31.2. The Balaban J connectivity index is 3.83. The van der Waals surface area contributed by atoms with Gasteiger partial charge >= 0.3 is 41.4 Å². The third-order valence-corrected chi connectivity index (χ3v) is 7.14. The molecular weight excluding hydrogens is 729 g/mol. The predicted molar refractivity (Wildman–Crippen MR) is 148 cm³/mol. The van der Waals surface area contributed by atoms with Gasteiger partial charge in [0.25, 0.3) is 0 Å². The van der Waals surface area contributed by atoms with Crippen LogP contribution in [-0.4, -0.2) is 159 Å². The molecule has 0 radical (unpaired) electrons. The molecule has 1 aliphatic rings. The quantitative estimate of drug-likeness (QED) is 0.0198. The highest BCUT2D eigenvalue weighted by Gasteiger charge is 2.62. The van der Waals surface area contributed by atoms with Crippen molar-refractivity contribution in [3.8, 4) is 0 Å². The van der Waals surface area contributed by atoms with E-state index in [0.717, 1.165) is 0 Å². The smallest absolute Gasteiger partial charge is 0.455 e. The van der Waals surface area contributed by atoms with Crippen LogP contribution in [0.5, 0.6) is 0 Å². The van der Waals surface area contributed by atoms with Crippen molar-refractivity contribution in [2.45, 2.75) is 55.9 Å². The fourth-order valence-electron chi connectivity index (χ4n) is 3.96. The minimum absolute atomic E-state index is 0.230. The van der Waals surface area contributed by atoms with E-state index in [1.807, 2.05) is 0 Å². The molecule has 0 aromatic heterocycles. The van der Waals surface area contributed by atoms with Crippen molar-refractivity contribution in [1.82, 2.24) is 0 Å². The van der Waals surface area contributed by atoms with E-state index in [1.165, 1.54) is 0 Å². The van der Waals surface area contributed by atoms with Gasteiger partial charge in [0.15, 0.2) is 18.3 Å². The monoisotopic (exact) mass is 768 g/mol. The Morgan fingerprint density at radius 1 is 0.417 bits per heavy atom. The first-order valence-corrected chi connectivity index (χ1v) is 18.3. The Hall–Kier alpha value is -1.50. The SMILES string of the molecule is O=C(CCOCCO)OC1[C@@H](OC(=O)CCOCCO)[C@H](OP(=O)(O)O)C(OP(=O)(O)O)[C@H](OP(=O)(O)O)[C@@H]1OC(=O)CCOCCO. The van der Waals surface area contributed by atoms with Crippen LogP contribution in [0, 0.1) is 0 Å². The molecular formula is C21H39O24P3. The summed E-state index contributed by atoms with van der Waals surface area (Å²) in [5.74, 6) is -3.94. The number of phosphoric acid groups is 3. The van der Waals surface area contributed by atoms with E-state index < -0.39 is 137 Å². The zero-order chi connectivity index (χ0) is 36.5. The Bertz CT molecular complexity index is 1070. The van der Waals surface area contributed by atoms with Gasteiger partial charge in [-0.1, -0.05) is 0 Å². The molecule has 0 aliphatic heterocycles. The lowest BCUT2D eigenvalue weighted by atomic mass is 9.84. The Kier molecular flexibility index (Phi) is 20.1. The van der Waals surface area contributed by atoms with Crippen molar-refractivity contribution in [1.29, 1.82) is 0 Å². The molecule has 9 N–H and O–H groups in total. The van der Waals surface area contributed by atoms with Gasteiger partial charge in [0, 0.05) is 0 Å². The summed E-state index contributed by atoms with van der Waals surface area (Å²) in [6, 6.07) is 0. The molecule has 27 heteroatoms. The fraction of sp³-hybridized carbons (Fsp3) is 0.857. The summed E-state index contributed by atoms with van der Waals surface area (Å²) in [5, 5.41) is 26.6. The lowest BCUT2D eigenvalue weighted by Crippen LogP contribution is -2.68. The molecule has 0 spiro atoms. The third kappa shape index (κ3) is 18.5. The summed E-state index contributed by atoms with van der Waals surface area (Å²) in [5.41, 5.74) is 0. The predicted octanol–water partition coefficient (Wildman–Crippen LogP) is -3.63. The van der Waals surface area contributed by atoms with E-state index in [1.54, 1.807) is 0 Å². The number of hydrogen-bond donors (Lipinski definition) is 9. The number of aliphatic hydroxyl groups is 3. The summed E-state index contributed by atoms with van der Waals surface area (Å²) < 4.78 is 80.3. The molecule has 6 atom stereocenters. The fourth-order valence-corrected chi connectivity index (χ4v) is 5.63. The Morgan fingerprint density at radius 3 is 0.875 bits per heavy atom. The highest BCUT2D eigenvalue weighted by Crippen LogP contribution is 2.51. The molecule has 1 rings (SSSR count). The molecule has 48 heavy (non-hydrogen) atoms. The van der Waals surface area contributed by atoms with Crippen LogP contribution in [0.15, 0.2) is 0 Å². The van der Waals surface area contributed by atoms with Crippen LogP contribution in [0.25, 0.3) is 0 Å². The largest absolute Gasteiger partial charge is 0.470 e. The summed E-state index contributed by atoms with van der Waals surface area (Å²) in [4.78, 5) is 96.2. The summed E-state index contributed by atoms with van der Waals surface area (Å²) in [6.07, 6.45) is -17.4. The maximum Gasteiger partial charge on any atom is 0.470 e. The molecule has 0 aromatic rings. The lowest BCUT2D eigenvalue weighted by Gasteiger charge is -2.47. The van der Waals surface area contributed by atoms with Gasteiger partial charge in [-0.25, -0.2) is 13.7 Å². The standard InChI is InChI=1S/C21H39O24P3/c22-4-10-37-7-1-13(25)40-16-17(41-14(26)2-8-38-11-5-23)19(43-46(28,29)30)21(45-48(34,35)36)20(44-47(31,32)33)18(16)42-15(27)3-9-39-12-6-24/h16-24H,1-12H2,(H2,28,29,30)(H2,31,32,33)(H2,34,35,36)/t16?,17-,18-,19-,20+,21?/m1/s1. The number of aliphatic hydroxyl groups excluding tert-OH is 3. The highest BCUT2D eigenvalue weighted by molar-refractivity contribution is 7.47. The third-order valence-electron chi connectivity index (χ3n) is 5.58. The van der Waals surface area contributed by atoms with Crippen LogP contribution in [0.2, 0.25) is 0 Å².